The predicted octanol–water partition coefficient (Wildman–Crippen LogP) is -0.458. The Morgan fingerprint density at radius 2 is 2.07 bits per heavy atom. The topological polar surface area (TPSA) is 75.4 Å². The van der Waals surface area contributed by atoms with Gasteiger partial charge in [-0.05, 0) is 5.92 Å². The van der Waals surface area contributed by atoms with E-state index in [1.54, 1.807) is 6.92 Å². The minimum absolute atomic E-state index is 0. The Morgan fingerprint density at radius 3 is 2.43 bits per heavy atom. The standard InChI is InChI=1S/C7H17N3O2S.ClH/c1-3-9-13(11,12)10-4-6(2)7(8)5-10;/h6-7,9H,3-5,8H2,1-2H3;1H. The Kier molecular flexibility index (Phi) is 5.32. The summed E-state index contributed by atoms with van der Waals surface area (Å²) in [4.78, 5) is 0. The Labute approximate surface area is 91.6 Å². The van der Waals surface area contributed by atoms with Crippen LogP contribution in [0.25, 0.3) is 0 Å². The molecule has 5 nitrogen and oxygen atoms in total. The number of hydrogen-bond donors (Lipinski definition) is 2. The van der Waals surface area contributed by atoms with Gasteiger partial charge in [0.15, 0.2) is 0 Å². The smallest absolute Gasteiger partial charge is 0.279 e. The molecule has 0 aromatic carbocycles. The summed E-state index contributed by atoms with van der Waals surface area (Å²) in [7, 11) is -3.27. The molecule has 1 aliphatic heterocycles. The van der Waals surface area contributed by atoms with Crippen LogP contribution in [0, 0.1) is 5.92 Å². The molecule has 0 spiro atoms. The first-order valence-corrected chi connectivity index (χ1v) is 5.91. The van der Waals surface area contributed by atoms with Gasteiger partial charge in [0, 0.05) is 25.7 Å². The van der Waals surface area contributed by atoms with Crippen LogP contribution in [0.2, 0.25) is 0 Å². The van der Waals surface area contributed by atoms with E-state index in [-0.39, 0.29) is 24.4 Å². The fourth-order valence-corrected chi connectivity index (χ4v) is 2.76. The van der Waals surface area contributed by atoms with Crippen LogP contribution < -0.4 is 10.5 Å². The molecule has 7 heteroatoms. The fourth-order valence-electron chi connectivity index (χ4n) is 1.42. The van der Waals surface area contributed by atoms with Crippen LogP contribution in [-0.2, 0) is 10.2 Å². The molecule has 1 heterocycles. The number of hydrogen-bond acceptors (Lipinski definition) is 3. The van der Waals surface area contributed by atoms with E-state index in [0.29, 0.717) is 19.6 Å². The van der Waals surface area contributed by atoms with Crippen molar-refractivity contribution in [3.63, 3.8) is 0 Å². The second kappa shape index (κ2) is 5.27. The SMILES string of the molecule is CCNS(=O)(=O)N1CC(C)C(N)C1.Cl. The second-order valence-corrected chi connectivity index (χ2v) is 5.22. The first-order valence-electron chi connectivity index (χ1n) is 4.47. The van der Waals surface area contributed by atoms with E-state index in [4.69, 9.17) is 5.73 Å². The molecule has 1 aliphatic rings. The van der Waals surface area contributed by atoms with Crippen molar-refractivity contribution in [2.45, 2.75) is 19.9 Å². The molecule has 86 valence electrons. The Hall–Kier alpha value is 0.120. The fraction of sp³-hybridized carbons (Fsp3) is 1.00. The van der Waals surface area contributed by atoms with Crippen LogP contribution in [0.4, 0.5) is 0 Å². The molecular formula is C7H18ClN3O2S. The molecule has 0 aromatic heterocycles. The first-order chi connectivity index (χ1) is 5.97. The van der Waals surface area contributed by atoms with Gasteiger partial charge in [-0.3, -0.25) is 0 Å². The maximum Gasteiger partial charge on any atom is 0.279 e. The van der Waals surface area contributed by atoms with Gasteiger partial charge < -0.3 is 5.73 Å². The van der Waals surface area contributed by atoms with Gasteiger partial charge in [0.2, 0.25) is 0 Å². The minimum atomic E-state index is -3.27. The molecule has 1 rings (SSSR count). The molecule has 2 atom stereocenters. The lowest BCUT2D eigenvalue weighted by atomic mass is 10.1. The van der Waals surface area contributed by atoms with Gasteiger partial charge in [0.05, 0.1) is 0 Å². The van der Waals surface area contributed by atoms with Gasteiger partial charge in [0.1, 0.15) is 0 Å². The zero-order valence-electron chi connectivity index (χ0n) is 8.43. The third-order valence-corrected chi connectivity index (χ3v) is 3.94. The molecule has 0 radical (unpaired) electrons. The molecule has 1 fully saturated rings. The van der Waals surface area contributed by atoms with E-state index in [9.17, 15) is 8.42 Å². The van der Waals surface area contributed by atoms with E-state index in [0.717, 1.165) is 0 Å². The van der Waals surface area contributed by atoms with Crippen LogP contribution in [0.1, 0.15) is 13.8 Å². The monoisotopic (exact) mass is 243 g/mol. The van der Waals surface area contributed by atoms with E-state index >= 15 is 0 Å². The van der Waals surface area contributed by atoms with E-state index in [1.165, 1.54) is 4.31 Å². The summed E-state index contributed by atoms with van der Waals surface area (Å²) < 4.78 is 26.8. The third kappa shape index (κ3) is 3.06. The summed E-state index contributed by atoms with van der Waals surface area (Å²) >= 11 is 0. The maximum atomic E-state index is 11.5. The van der Waals surface area contributed by atoms with Crippen LogP contribution >= 0.6 is 12.4 Å². The lowest BCUT2D eigenvalue weighted by molar-refractivity contribution is 0.454. The Bertz CT molecular complexity index is 260. The van der Waals surface area contributed by atoms with Crippen molar-refractivity contribution in [1.29, 1.82) is 0 Å². The molecule has 0 aliphatic carbocycles. The number of rotatable bonds is 3. The molecule has 0 amide bonds. The number of nitrogens with zero attached hydrogens (tertiary/aromatic N) is 1. The zero-order valence-corrected chi connectivity index (χ0v) is 10.1. The third-order valence-electron chi connectivity index (χ3n) is 2.30. The molecule has 2 unspecified atom stereocenters. The average Bonchev–Trinajstić information content (AvgIpc) is 2.33. The highest BCUT2D eigenvalue weighted by Crippen LogP contribution is 2.16. The van der Waals surface area contributed by atoms with Crippen LogP contribution in [0.5, 0.6) is 0 Å². The van der Waals surface area contributed by atoms with Gasteiger partial charge in [-0.25, -0.2) is 4.72 Å². The Balaban J connectivity index is 0.00000169. The zero-order chi connectivity index (χ0) is 10.1. The highest BCUT2D eigenvalue weighted by Gasteiger charge is 2.33. The van der Waals surface area contributed by atoms with Crippen LogP contribution in [0.3, 0.4) is 0 Å². The summed E-state index contributed by atoms with van der Waals surface area (Å²) in [5.74, 6) is 0.244. The van der Waals surface area contributed by atoms with Gasteiger partial charge in [-0.2, -0.15) is 12.7 Å². The maximum absolute atomic E-state index is 11.5. The molecule has 14 heavy (non-hydrogen) atoms. The Morgan fingerprint density at radius 1 is 1.50 bits per heavy atom. The second-order valence-electron chi connectivity index (χ2n) is 3.46. The van der Waals surface area contributed by atoms with Crippen LogP contribution in [0.15, 0.2) is 0 Å². The van der Waals surface area contributed by atoms with Crippen molar-refractivity contribution in [2.24, 2.45) is 11.7 Å². The van der Waals surface area contributed by atoms with E-state index in [2.05, 4.69) is 4.72 Å². The predicted molar refractivity (Wildman–Crippen MR) is 58.6 cm³/mol. The molecule has 3 N–H and O–H groups in total. The highest BCUT2D eigenvalue weighted by atomic mass is 35.5. The van der Waals surface area contributed by atoms with E-state index < -0.39 is 10.2 Å². The minimum Gasteiger partial charge on any atom is -0.326 e. The summed E-state index contributed by atoms with van der Waals surface area (Å²) in [6.45, 7) is 5.10. The van der Waals surface area contributed by atoms with Crippen molar-refractivity contribution in [3.05, 3.63) is 0 Å². The van der Waals surface area contributed by atoms with Crippen molar-refractivity contribution in [3.8, 4) is 0 Å². The number of nitrogens with two attached hydrogens (primary N) is 1. The van der Waals surface area contributed by atoms with Gasteiger partial charge in [-0.15, -0.1) is 12.4 Å². The lowest BCUT2D eigenvalue weighted by Gasteiger charge is -2.15. The van der Waals surface area contributed by atoms with Gasteiger partial charge in [-0.1, -0.05) is 13.8 Å². The average molecular weight is 244 g/mol. The van der Waals surface area contributed by atoms with Crippen molar-refractivity contribution >= 4 is 22.6 Å². The quantitative estimate of drug-likeness (QED) is 0.705. The summed E-state index contributed by atoms with van der Waals surface area (Å²) in [6, 6.07) is -0.0339. The van der Waals surface area contributed by atoms with Gasteiger partial charge in [0.25, 0.3) is 10.2 Å². The molecule has 1 saturated heterocycles. The molecule has 0 saturated carbocycles. The summed E-state index contributed by atoms with van der Waals surface area (Å²) in [6.07, 6.45) is 0. The van der Waals surface area contributed by atoms with Crippen LogP contribution in [-0.4, -0.2) is 38.4 Å². The van der Waals surface area contributed by atoms with Crippen molar-refractivity contribution in [1.82, 2.24) is 9.03 Å². The normalized spacial score (nSPS) is 28.8. The van der Waals surface area contributed by atoms with Gasteiger partial charge >= 0.3 is 0 Å². The molecular weight excluding hydrogens is 226 g/mol. The number of nitrogens with one attached hydrogen (secondary N) is 1. The molecule has 0 bridgehead atoms. The van der Waals surface area contributed by atoms with Crippen molar-refractivity contribution in [2.75, 3.05) is 19.6 Å². The number of halogens is 1. The first kappa shape index (κ1) is 14.1. The lowest BCUT2D eigenvalue weighted by Crippen LogP contribution is -2.40. The largest absolute Gasteiger partial charge is 0.326 e. The molecule has 0 aromatic rings. The summed E-state index contributed by atoms with van der Waals surface area (Å²) in [5.41, 5.74) is 5.73. The summed E-state index contributed by atoms with van der Waals surface area (Å²) in [5, 5.41) is 0. The van der Waals surface area contributed by atoms with Crippen molar-refractivity contribution < 1.29 is 8.42 Å². The van der Waals surface area contributed by atoms with E-state index in [1.807, 2.05) is 6.92 Å². The highest BCUT2D eigenvalue weighted by molar-refractivity contribution is 7.87.